The Morgan fingerprint density at radius 2 is 1.58 bits per heavy atom. The molecule has 19 heavy (non-hydrogen) atoms. The van der Waals surface area contributed by atoms with Gasteiger partial charge in [0.2, 0.25) is 0 Å². The first-order valence-corrected chi connectivity index (χ1v) is 6.79. The maximum Gasteiger partial charge on any atom is 0.123 e. The predicted octanol–water partition coefficient (Wildman–Crippen LogP) is 3.11. The van der Waals surface area contributed by atoms with Crippen molar-refractivity contribution in [1.82, 2.24) is 0 Å². The van der Waals surface area contributed by atoms with E-state index in [9.17, 15) is 4.39 Å². The van der Waals surface area contributed by atoms with Crippen LogP contribution in [0.1, 0.15) is 16.7 Å². The fourth-order valence-corrected chi connectivity index (χ4v) is 2.95. The third-order valence-corrected chi connectivity index (χ3v) is 4.07. The molecule has 3 rings (SSSR count). The Hall–Kier alpha value is -1.67. The molecule has 2 N–H and O–H groups in total. The molecule has 1 unspecified atom stereocenters. The minimum absolute atomic E-state index is 0.137. The van der Waals surface area contributed by atoms with Gasteiger partial charge in [0.1, 0.15) is 5.82 Å². The molecule has 0 radical (unpaired) electrons. The number of nitrogens with two attached hydrogens (primary N) is 1. The molecular formula is C17H18FN. The molecule has 0 saturated carbocycles. The molecule has 0 spiro atoms. The Morgan fingerprint density at radius 1 is 1.00 bits per heavy atom. The number of benzene rings is 2. The van der Waals surface area contributed by atoms with Crippen molar-refractivity contribution in [3.63, 3.8) is 0 Å². The summed E-state index contributed by atoms with van der Waals surface area (Å²) >= 11 is 0. The van der Waals surface area contributed by atoms with Crippen LogP contribution in [-0.2, 0) is 19.3 Å². The maximum atomic E-state index is 12.9. The highest BCUT2D eigenvalue weighted by atomic mass is 19.1. The molecule has 0 fully saturated rings. The molecule has 1 aliphatic rings. The molecule has 98 valence electrons. The average Bonchev–Trinajstić information content (AvgIpc) is 2.85. The van der Waals surface area contributed by atoms with E-state index in [0.717, 1.165) is 24.8 Å². The second-order valence-electron chi connectivity index (χ2n) is 5.43. The molecule has 2 aromatic rings. The van der Waals surface area contributed by atoms with Crippen LogP contribution >= 0.6 is 0 Å². The van der Waals surface area contributed by atoms with Gasteiger partial charge in [-0.2, -0.15) is 0 Å². The van der Waals surface area contributed by atoms with Crippen molar-refractivity contribution in [3.05, 3.63) is 71.0 Å². The van der Waals surface area contributed by atoms with Crippen LogP contribution in [0.3, 0.4) is 0 Å². The van der Waals surface area contributed by atoms with E-state index in [1.54, 1.807) is 0 Å². The van der Waals surface area contributed by atoms with Crippen LogP contribution in [0.15, 0.2) is 48.5 Å². The van der Waals surface area contributed by atoms with Crippen LogP contribution in [-0.4, -0.2) is 6.04 Å². The van der Waals surface area contributed by atoms with Crippen molar-refractivity contribution in [1.29, 1.82) is 0 Å². The zero-order valence-electron chi connectivity index (χ0n) is 10.9. The van der Waals surface area contributed by atoms with Crippen molar-refractivity contribution >= 4 is 0 Å². The molecule has 0 saturated heterocycles. The lowest BCUT2D eigenvalue weighted by Crippen LogP contribution is -2.32. The summed E-state index contributed by atoms with van der Waals surface area (Å²) in [5, 5.41) is 0. The zero-order valence-corrected chi connectivity index (χ0v) is 10.9. The lowest BCUT2D eigenvalue weighted by molar-refractivity contribution is 0.437. The van der Waals surface area contributed by atoms with Gasteiger partial charge >= 0.3 is 0 Å². The zero-order chi connectivity index (χ0) is 13.2. The molecule has 0 aliphatic heterocycles. The van der Waals surface area contributed by atoms with E-state index in [4.69, 9.17) is 5.73 Å². The van der Waals surface area contributed by atoms with E-state index in [1.165, 1.54) is 23.3 Å². The fraction of sp³-hybridized carbons (Fsp3) is 0.294. The summed E-state index contributed by atoms with van der Waals surface area (Å²) in [6, 6.07) is 15.4. The summed E-state index contributed by atoms with van der Waals surface area (Å²) in [7, 11) is 0. The summed E-state index contributed by atoms with van der Waals surface area (Å²) in [6.07, 6.45) is 2.95. The highest BCUT2D eigenvalue weighted by molar-refractivity contribution is 5.33. The lowest BCUT2D eigenvalue weighted by Gasteiger charge is -2.18. The van der Waals surface area contributed by atoms with Gasteiger partial charge in [0.25, 0.3) is 0 Å². The van der Waals surface area contributed by atoms with Gasteiger partial charge < -0.3 is 5.73 Å². The molecular weight excluding hydrogens is 237 g/mol. The Labute approximate surface area is 113 Å². The summed E-state index contributed by atoms with van der Waals surface area (Å²) in [5.41, 5.74) is 10.3. The largest absolute Gasteiger partial charge is 0.327 e. The van der Waals surface area contributed by atoms with E-state index in [0.29, 0.717) is 5.92 Å². The SMILES string of the molecule is NC(Cc1ccc(F)cc1)C1Cc2ccccc2C1. The summed E-state index contributed by atoms with van der Waals surface area (Å²) < 4.78 is 12.9. The quantitative estimate of drug-likeness (QED) is 0.896. The van der Waals surface area contributed by atoms with Gasteiger partial charge in [-0.15, -0.1) is 0 Å². The van der Waals surface area contributed by atoms with Crippen molar-refractivity contribution < 1.29 is 4.39 Å². The molecule has 2 heteroatoms. The second-order valence-corrected chi connectivity index (χ2v) is 5.43. The lowest BCUT2D eigenvalue weighted by atomic mass is 9.92. The Balaban J connectivity index is 1.66. The number of hydrogen-bond donors (Lipinski definition) is 1. The molecule has 1 aliphatic carbocycles. The van der Waals surface area contributed by atoms with Gasteiger partial charge in [0.15, 0.2) is 0 Å². The molecule has 0 aromatic heterocycles. The Bertz CT molecular complexity index is 537. The van der Waals surface area contributed by atoms with Gasteiger partial charge in [-0.25, -0.2) is 4.39 Å². The van der Waals surface area contributed by atoms with E-state index >= 15 is 0 Å². The average molecular weight is 255 g/mol. The van der Waals surface area contributed by atoms with Crippen molar-refractivity contribution in [2.45, 2.75) is 25.3 Å². The van der Waals surface area contributed by atoms with Gasteiger partial charge in [0, 0.05) is 6.04 Å². The minimum Gasteiger partial charge on any atom is -0.327 e. The number of hydrogen-bond acceptors (Lipinski definition) is 1. The molecule has 0 heterocycles. The number of fused-ring (bicyclic) bond motifs is 1. The van der Waals surface area contributed by atoms with E-state index in [1.807, 2.05) is 12.1 Å². The topological polar surface area (TPSA) is 26.0 Å². The van der Waals surface area contributed by atoms with Crippen LogP contribution in [0.25, 0.3) is 0 Å². The molecule has 2 aromatic carbocycles. The molecule has 0 bridgehead atoms. The monoisotopic (exact) mass is 255 g/mol. The van der Waals surface area contributed by atoms with Crippen LogP contribution in [0, 0.1) is 11.7 Å². The number of halogens is 1. The Morgan fingerprint density at radius 3 is 2.16 bits per heavy atom. The Kier molecular flexibility index (Phi) is 3.34. The normalized spacial score (nSPS) is 16.3. The molecule has 1 atom stereocenters. The van der Waals surface area contributed by atoms with E-state index in [2.05, 4.69) is 24.3 Å². The fourth-order valence-electron chi connectivity index (χ4n) is 2.95. The highest BCUT2D eigenvalue weighted by Crippen LogP contribution is 2.29. The van der Waals surface area contributed by atoms with Crippen LogP contribution in [0.2, 0.25) is 0 Å². The first kappa shape index (κ1) is 12.4. The highest BCUT2D eigenvalue weighted by Gasteiger charge is 2.26. The van der Waals surface area contributed by atoms with Crippen LogP contribution in [0.5, 0.6) is 0 Å². The third kappa shape index (κ3) is 2.69. The molecule has 1 nitrogen and oxygen atoms in total. The van der Waals surface area contributed by atoms with Gasteiger partial charge in [-0.1, -0.05) is 36.4 Å². The van der Waals surface area contributed by atoms with Crippen molar-refractivity contribution in [3.8, 4) is 0 Å². The van der Waals surface area contributed by atoms with Crippen LogP contribution < -0.4 is 5.73 Å². The first-order valence-electron chi connectivity index (χ1n) is 6.79. The third-order valence-electron chi connectivity index (χ3n) is 4.07. The first-order chi connectivity index (χ1) is 9.22. The number of rotatable bonds is 3. The van der Waals surface area contributed by atoms with Gasteiger partial charge in [0.05, 0.1) is 0 Å². The second kappa shape index (κ2) is 5.14. The summed E-state index contributed by atoms with van der Waals surface area (Å²) in [5.74, 6) is 0.313. The van der Waals surface area contributed by atoms with E-state index in [-0.39, 0.29) is 11.9 Å². The summed E-state index contributed by atoms with van der Waals surface area (Å²) in [6.45, 7) is 0. The van der Waals surface area contributed by atoms with Crippen molar-refractivity contribution in [2.75, 3.05) is 0 Å². The summed E-state index contributed by atoms with van der Waals surface area (Å²) in [4.78, 5) is 0. The smallest absolute Gasteiger partial charge is 0.123 e. The van der Waals surface area contributed by atoms with Crippen molar-refractivity contribution in [2.24, 2.45) is 11.7 Å². The van der Waals surface area contributed by atoms with E-state index < -0.39 is 0 Å². The van der Waals surface area contributed by atoms with Crippen LogP contribution in [0.4, 0.5) is 4.39 Å². The molecule has 0 amide bonds. The van der Waals surface area contributed by atoms with Gasteiger partial charge in [-0.05, 0) is 54.0 Å². The maximum absolute atomic E-state index is 12.9. The standard InChI is InChI=1S/C17H18FN/c18-16-7-5-12(6-8-16)9-17(19)15-10-13-3-1-2-4-14(13)11-15/h1-8,15,17H,9-11,19H2. The predicted molar refractivity (Wildman–Crippen MR) is 75.4 cm³/mol. The van der Waals surface area contributed by atoms with Gasteiger partial charge in [-0.3, -0.25) is 0 Å². The minimum atomic E-state index is -0.189.